The molecule has 0 unspecified atom stereocenters. The minimum Gasteiger partial charge on any atom is -0.496 e. The van der Waals surface area contributed by atoms with Crippen molar-refractivity contribution in [3.63, 3.8) is 0 Å². The Hall–Kier alpha value is -1.52. The maximum Gasteiger partial charge on any atom is 0.134 e. The smallest absolute Gasteiger partial charge is 0.134 e. The summed E-state index contributed by atoms with van der Waals surface area (Å²) in [6, 6.07) is 9.90. The highest BCUT2D eigenvalue weighted by molar-refractivity contribution is 9.10. The van der Waals surface area contributed by atoms with Crippen LogP contribution < -0.4 is 15.2 Å². The van der Waals surface area contributed by atoms with Crippen LogP contribution in [0, 0.1) is 13.8 Å². The fourth-order valence-corrected chi connectivity index (χ4v) is 2.54. The normalized spacial score (nSPS) is 10.5. The highest BCUT2D eigenvalue weighted by Crippen LogP contribution is 2.35. The van der Waals surface area contributed by atoms with E-state index >= 15 is 0 Å². The van der Waals surface area contributed by atoms with Crippen LogP contribution in [0.3, 0.4) is 0 Å². The lowest BCUT2D eigenvalue weighted by molar-refractivity contribution is 0.404. The van der Waals surface area contributed by atoms with E-state index in [9.17, 15) is 0 Å². The van der Waals surface area contributed by atoms with Crippen molar-refractivity contribution in [1.82, 2.24) is 0 Å². The molecule has 3 nitrogen and oxygen atoms in total. The van der Waals surface area contributed by atoms with Crippen molar-refractivity contribution in [2.24, 2.45) is 5.73 Å². The Balaban J connectivity index is 2.41. The Bertz CT molecular complexity index is 641. The van der Waals surface area contributed by atoms with E-state index in [1.165, 1.54) is 5.56 Å². The number of ether oxygens (including phenoxy) is 2. The van der Waals surface area contributed by atoms with Crippen molar-refractivity contribution in [2.45, 2.75) is 20.3 Å². The van der Waals surface area contributed by atoms with Crippen molar-refractivity contribution in [2.75, 3.05) is 13.7 Å². The zero-order chi connectivity index (χ0) is 15.4. The second-order valence-electron chi connectivity index (χ2n) is 4.93. The number of halogens is 1. The topological polar surface area (TPSA) is 44.5 Å². The van der Waals surface area contributed by atoms with Gasteiger partial charge in [0, 0.05) is 10.0 Å². The minimum absolute atomic E-state index is 0.592. The molecule has 2 rings (SSSR count). The van der Waals surface area contributed by atoms with Gasteiger partial charge in [-0.2, -0.15) is 0 Å². The van der Waals surface area contributed by atoms with Gasteiger partial charge >= 0.3 is 0 Å². The van der Waals surface area contributed by atoms with Gasteiger partial charge in [-0.3, -0.25) is 0 Å². The van der Waals surface area contributed by atoms with Crippen LogP contribution in [0.1, 0.15) is 16.7 Å². The molecule has 0 heterocycles. The average Bonchev–Trinajstić information content (AvgIpc) is 2.46. The van der Waals surface area contributed by atoms with E-state index in [2.05, 4.69) is 28.9 Å². The van der Waals surface area contributed by atoms with Crippen LogP contribution in [-0.4, -0.2) is 13.7 Å². The molecule has 112 valence electrons. The molecule has 0 aliphatic rings. The molecule has 0 aromatic heterocycles. The maximum absolute atomic E-state index is 6.11. The summed E-state index contributed by atoms with van der Waals surface area (Å²) in [5, 5.41) is 0. The van der Waals surface area contributed by atoms with Crippen LogP contribution in [0.5, 0.6) is 17.2 Å². The zero-order valence-electron chi connectivity index (χ0n) is 12.6. The number of nitrogens with two attached hydrogens (primary N) is 1. The van der Waals surface area contributed by atoms with Crippen molar-refractivity contribution < 1.29 is 9.47 Å². The fourth-order valence-electron chi connectivity index (χ4n) is 2.21. The van der Waals surface area contributed by atoms with E-state index in [-0.39, 0.29) is 0 Å². The van der Waals surface area contributed by atoms with Gasteiger partial charge in [-0.15, -0.1) is 0 Å². The van der Waals surface area contributed by atoms with Gasteiger partial charge in [-0.25, -0.2) is 0 Å². The highest BCUT2D eigenvalue weighted by atomic mass is 79.9. The zero-order valence-corrected chi connectivity index (χ0v) is 14.2. The second-order valence-corrected chi connectivity index (χ2v) is 5.79. The molecule has 0 saturated heterocycles. The quantitative estimate of drug-likeness (QED) is 0.871. The second kappa shape index (κ2) is 6.96. The van der Waals surface area contributed by atoms with Crippen molar-refractivity contribution in [3.05, 3.63) is 51.5 Å². The summed E-state index contributed by atoms with van der Waals surface area (Å²) in [5.41, 5.74) is 8.97. The molecule has 0 spiro atoms. The van der Waals surface area contributed by atoms with Crippen molar-refractivity contribution >= 4 is 15.9 Å². The molecule has 2 aromatic rings. The first-order chi connectivity index (χ1) is 10.1. The molecule has 21 heavy (non-hydrogen) atoms. The first-order valence-corrected chi connectivity index (χ1v) is 7.66. The number of hydrogen-bond acceptors (Lipinski definition) is 3. The molecule has 2 N–H and O–H groups in total. The Morgan fingerprint density at radius 3 is 2.48 bits per heavy atom. The Kier molecular flexibility index (Phi) is 5.26. The van der Waals surface area contributed by atoms with Crippen LogP contribution >= 0.6 is 15.9 Å². The van der Waals surface area contributed by atoms with Gasteiger partial charge in [0.25, 0.3) is 0 Å². The van der Waals surface area contributed by atoms with Gasteiger partial charge in [0.1, 0.15) is 17.2 Å². The minimum atomic E-state index is 0.592. The highest BCUT2D eigenvalue weighted by Gasteiger charge is 2.11. The molecule has 0 aliphatic carbocycles. The van der Waals surface area contributed by atoms with Crippen LogP contribution in [0.15, 0.2) is 34.8 Å². The third-order valence-electron chi connectivity index (χ3n) is 3.43. The van der Waals surface area contributed by atoms with Crippen LogP contribution in [0.25, 0.3) is 0 Å². The van der Waals surface area contributed by atoms with Crippen LogP contribution in [0.4, 0.5) is 0 Å². The van der Waals surface area contributed by atoms with Crippen LogP contribution in [-0.2, 0) is 6.42 Å². The van der Waals surface area contributed by atoms with Gasteiger partial charge in [0.15, 0.2) is 0 Å². The van der Waals surface area contributed by atoms with Crippen molar-refractivity contribution in [3.8, 4) is 17.2 Å². The Morgan fingerprint density at radius 2 is 1.81 bits per heavy atom. The average molecular weight is 350 g/mol. The first-order valence-electron chi connectivity index (χ1n) is 6.87. The Morgan fingerprint density at radius 1 is 1.10 bits per heavy atom. The SMILES string of the molecule is COc1cccc(Oc2cc(Br)c(C)cc2CCN)c1C. The molecule has 0 radical (unpaired) electrons. The molecule has 0 atom stereocenters. The molecule has 0 saturated carbocycles. The van der Waals surface area contributed by atoms with E-state index in [0.717, 1.165) is 39.3 Å². The molecule has 4 heteroatoms. The monoisotopic (exact) mass is 349 g/mol. The van der Waals surface area contributed by atoms with Crippen LogP contribution in [0.2, 0.25) is 0 Å². The van der Waals surface area contributed by atoms with E-state index < -0.39 is 0 Å². The number of aryl methyl sites for hydroxylation is 1. The number of rotatable bonds is 5. The molecular weight excluding hydrogens is 330 g/mol. The molecule has 0 aliphatic heterocycles. The third kappa shape index (κ3) is 3.57. The lowest BCUT2D eigenvalue weighted by Crippen LogP contribution is -2.05. The predicted octanol–water partition coefficient (Wildman–Crippen LogP) is 4.37. The van der Waals surface area contributed by atoms with E-state index in [1.807, 2.05) is 31.2 Å². The lowest BCUT2D eigenvalue weighted by atomic mass is 10.1. The summed E-state index contributed by atoms with van der Waals surface area (Å²) in [6.45, 7) is 4.64. The van der Waals surface area contributed by atoms with Gasteiger partial charge in [0.2, 0.25) is 0 Å². The third-order valence-corrected chi connectivity index (χ3v) is 4.28. The predicted molar refractivity (Wildman–Crippen MR) is 89.4 cm³/mol. The molecule has 0 amide bonds. The summed E-state index contributed by atoms with van der Waals surface area (Å²) in [5.74, 6) is 2.44. The summed E-state index contributed by atoms with van der Waals surface area (Å²) >= 11 is 3.56. The number of methoxy groups -OCH3 is 1. The largest absolute Gasteiger partial charge is 0.496 e. The van der Waals surface area contributed by atoms with Gasteiger partial charge in [0.05, 0.1) is 7.11 Å². The summed E-state index contributed by atoms with van der Waals surface area (Å²) in [4.78, 5) is 0. The standard InChI is InChI=1S/C17H20BrNO2/c1-11-9-13(7-8-19)17(10-14(11)18)21-16-6-4-5-15(20-3)12(16)2/h4-6,9-10H,7-8,19H2,1-3H3. The van der Waals surface area contributed by atoms with E-state index in [0.29, 0.717) is 6.54 Å². The Labute approximate surface area is 134 Å². The summed E-state index contributed by atoms with van der Waals surface area (Å²) in [7, 11) is 1.66. The van der Waals surface area contributed by atoms with Gasteiger partial charge in [-0.05, 0) is 56.1 Å². The molecule has 2 aromatic carbocycles. The molecule has 0 fully saturated rings. The van der Waals surface area contributed by atoms with Crippen molar-refractivity contribution in [1.29, 1.82) is 0 Å². The summed E-state index contributed by atoms with van der Waals surface area (Å²) < 4.78 is 12.5. The van der Waals surface area contributed by atoms with E-state index in [1.54, 1.807) is 7.11 Å². The fraction of sp³-hybridized carbons (Fsp3) is 0.294. The van der Waals surface area contributed by atoms with Gasteiger partial charge in [-0.1, -0.05) is 28.1 Å². The molecular formula is C17H20BrNO2. The number of hydrogen-bond donors (Lipinski definition) is 1. The number of benzene rings is 2. The maximum atomic E-state index is 6.11. The lowest BCUT2D eigenvalue weighted by Gasteiger charge is -2.15. The first kappa shape index (κ1) is 15.9. The molecule has 0 bridgehead atoms. The summed E-state index contributed by atoms with van der Waals surface area (Å²) in [6.07, 6.45) is 0.784. The van der Waals surface area contributed by atoms with E-state index in [4.69, 9.17) is 15.2 Å². The van der Waals surface area contributed by atoms with Gasteiger partial charge < -0.3 is 15.2 Å².